The third-order valence-corrected chi connectivity index (χ3v) is 5.34. The Hall–Kier alpha value is -3.55. The van der Waals surface area contributed by atoms with Crippen molar-refractivity contribution in [2.24, 2.45) is 0 Å². The maximum Gasteiger partial charge on any atom is 0.270 e. The monoisotopic (exact) mass is 408 g/mol. The average Bonchev–Trinajstić information content (AvgIpc) is 3.20. The van der Waals surface area contributed by atoms with Crippen LogP contribution in [0.5, 0.6) is 0 Å². The number of hydrogen-bond donors (Lipinski definition) is 1. The van der Waals surface area contributed by atoms with Gasteiger partial charge in [0, 0.05) is 23.7 Å². The Balaban J connectivity index is 1.73. The molecule has 3 aromatic rings. The van der Waals surface area contributed by atoms with Crippen LogP contribution in [-0.2, 0) is 0 Å². The second kappa shape index (κ2) is 8.44. The summed E-state index contributed by atoms with van der Waals surface area (Å²) in [5, 5.41) is 18.4. The van der Waals surface area contributed by atoms with Gasteiger partial charge in [0.15, 0.2) is 0 Å². The van der Waals surface area contributed by atoms with Gasteiger partial charge in [0.1, 0.15) is 11.5 Å². The number of rotatable bonds is 5. The second-order valence-electron chi connectivity index (χ2n) is 7.39. The molecule has 1 heterocycles. The molecule has 30 heavy (non-hydrogen) atoms. The van der Waals surface area contributed by atoms with Gasteiger partial charge >= 0.3 is 0 Å². The lowest BCUT2D eigenvalue weighted by Crippen LogP contribution is -2.37. The van der Waals surface area contributed by atoms with Gasteiger partial charge in [0.2, 0.25) is 0 Å². The summed E-state index contributed by atoms with van der Waals surface area (Å²) < 4.78 is 15.7. The van der Waals surface area contributed by atoms with E-state index in [0.29, 0.717) is 11.4 Å². The first-order valence-corrected chi connectivity index (χ1v) is 9.93. The number of non-ortho nitro benzene ring substituents is 1. The molecule has 0 bridgehead atoms. The van der Waals surface area contributed by atoms with Gasteiger partial charge in [-0.05, 0) is 43.2 Å². The molecule has 154 valence electrons. The van der Waals surface area contributed by atoms with E-state index >= 15 is 0 Å². The summed E-state index contributed by atoms with van der Waals surface area (Å²) in [6.07, 6.45) is 5.18. The molecule has 8 heteroatoms. The number of nitrogens with zero attached hydrogens (tertiary/aromatic N) is 3. The number of halogens is 1. The van der Waals surface area contributed by atoms with Crippen molar-refractivity contribution in [2.45, 2.75) is 38.1 Å². The second-order valence-corrected chi connectivity index (χ2v) is 7.39. The van der Waals surface area contributed by atoms with Crippen molar-refractivity contribution in [1.82, 2.24) is 15.1 Å². The summed E-state index contributed by atoms with van der Waals surface area (Å²) in [4.78, 5) is 23.5. The highest BCUT2D eigenvalue weighted by molar-refractivity contribution is 5.94. The van der Waals surface area contributed by atoms with Crippen LogP contribution in [0.4, 0.5) is 10.1 Å². The van der Waals surface area contributed by atoms with Crippen LogP contribution in [-0.4, -0.2) is 26.7 Å². The summed E-state index contributed by atoms with van der Waals surface area (Å²) in [6, 6.07) is 13.6. The van der Waals surface area contributed by atoms with Crippen molar-refractivity contribution in [2.75, 3.05) is 0 Å². The molecule has 1 aliphatic rings. The van der Waals surface area contributed by atoms with E-state index in [1.165, 1.54) is 41.4 Å². The highest BCUT2D eigenvalue weighted by atomic mass is 19.1. The van der Waals surface area contributed by atoms with Crippen molar-refractivity contribution in [3.05, 3.63) is 76.2 Å². The Labute approximate surface area is 172 Å². The Bertz CT molecular complexity index is 1070. The van der Waals surface area contributed by atoms with Crippen LogP contribution in [0.1, 0.15) is 42.6 Å². The zero-order chi connectivity index (χ0) is 21.1. The molecule has 7 nitrogen and oxygen atoms in total. The third-order valence-electron chi connectivity index (χ3n) is 5.34. The molecular formula is C22H21FN4O3. The number of nitro groups is 1. The quantitative estimate of drug-likeness (QED) is 0.492. The molecule has 0 saturated heterocycles. The summed E-state index contributed by atoms with van der Waals surface area (Å²) >= 11 is 0. The zero-order valence-electron chi connectivity index (χ0n) is 16.3. The van der Waals surface area contributed by atoms with E-state index in [2.05, 4.69) is 10.4 Å². The number of carbonyl (C=O) groups excluding carboxylic acids is 1. The summed E-state index contributed by atoms with van der Waals surface area (Å²) in [7, 11) is 0. The SMILES string of the molecule is O=C(NC1CCCCC1)c1cc(-c2ccccc2F)nn1-c1ccc([N+](=O)[O-])cc1. The lowest BCUT2D eigenvalue weighted by atomic mass is 9.95. The minimum atomic E-state index is -0.492. The number of nitro benzene ring substituents is 1. The Morgan fingerprint density at radius 2 is 1.80 bits per heavy atom. The Morgan fingerprint density at radius 1 is 1.10 bits per heavy atom. The van der Waals surface area contributed by atoms with Gasteiger partial charge in [0.25, 0.3) is 11.6 Å². The predicted molar refractivity (Wildman–Crippen MR) is 110 cm³/mol. The van der Waals surface area contributed by atoms with E-state index in [-0.39, 0.29) is 28.9 Å². The molecule has 0 unspecified atom stereocenters. The van der Waals surface area contributed by atoms with Crippen molar-refractivity contribution in [3.8, 4) is 16.9 Å². The summed E-state index contributed by atoms with van der Waals surface area (Å²) in [6.45, 7) is 0. The normalized spacial score (nSPS) is 14.4. The van der Waals surface area contributed by atoms with Gasteiger partial charge in [0.05, 0.1) is 16.3 Å². The third kappa shape index (κ3) is 4.07. The molecule has 0 radical (unpaired) electrons. The molecule has 4 rings (SSSR count). The van der Waals surface area contributed by atoms with Gasteiger partial charge in [-0.15, -0.1) is 0 Å². The van der Waals surface area contributed by atoms with E-state index in [1.807, 2.05) is 0 Å². The van der Waals surface area contributed by atoms with Gasteiger partial charge in [-0.2, -0.15) is 5.10 Å². The lowest BCUT2D eigenvalue weighted by molar-refractivity contribution is -0.384. The van der Waals surface area contributed by atoms with E-state index in [0.717, 1.165) is 25.7 Å². The molecule has 1 fully saturated rings. The molecule has 0 spiro atoms. The maximum absolute atomic E-state index is 14.3. The van der Waals surface area contributed by atoms with Crippen LogP contribution < -0.4 is 5.32 Å². The first kappa shape index (κ1) is 19.8. The topological polar surface area (TPSA) is 90.1 Å². The first-order chi connectivity index (χ1) is 14.5. The molecule has 1 amide bonds. The number of benzene rings is 2. The number of aromatic nitrogens is 2. The largest absolute Gasteiger partial charge is 0.348 e. The van der Waals surface area contributed by atoms with Crippen molar-refractivity contribution in [3.63, 3.8) is 0 Å². The Morgan fingerprint density at radius 3 is 2.47 bits per heavy atom. The lowest BCUT2D eigenvalue weighted by Gasteiger charge is -2.22. The van der Waals surface area contributed by atoms with E-state index in [1.54, 1.807) is 24.3 Å². The number of carbonyl (C=O) groups is 1. The van der Waals surface area contributed by atoms with E-state index in [4.69, 9.17) is 0 Å². The number of hydrogen-bond acceptors (Lipinski definition) is 4. The van der Waals surface area contributed by atoms with Crippen molar-refractivity contribution < 1.29 is 14.1 Å². The fraction of sp³-hybridized carbons (Fsp3) is 0.273. The van der Waals surface area contributed by atoms with Crippen LogP contribution in [0, 0.1) is 15.9 Å². The number of amides is 1. The van der Waals surface area contributed by atoms with Gasteiger partial charge in [-0.3, -0.25) is 14.9 Å². The van der Waals surface area contributed by atoms with Gasteiger partial charge in [-0.25, -0.2) is 9.07 Å². The standard InChI is InChI=1S/C22H21FN4O3/c23-19-9-5-4-8-18(19)20-14-21(22(28)24-15-6-2-1-3-7-15)26(25-20)16-10-12-17(13-11-16)27(29)30/h4-5,8-15H,1-3,6-7H2,(H,24,28). The van der Waals surface area contributed by atoms with Crippen molar-refractivity contribution in [1.29, 1.82) is 0 Å². The minimum Gasteiger partial charge on any atom is -0.348 e. The fourth-order valence-electron chi connectivity index (χ4n) is 3.76. The van der Waals surface area contributed by atoms with Gasteiger partial charge < -0.3 is 5.32 Å². The first-order valence-electron chi connectivity index (χ1n) is 9.93. The molecule has 1 aromatic heterocycles. The number of nitrogens with one attached hydrogen (secondary N) is 1. The van der Waals surface area contributed by atoms with Crippen LogP contribution >= 0.6 is 0 Å². The molecule has 1 N–H and O–H groups in total. The van der Waals surface area contributed by atoms with Crippen LogP contribution in [0.15, 0.2) is 54.6 Å². The molecular weight excluding hydrogens is 387 g/mol. The summed E-state index contributed by atoms with van der Waals surface area (Å²) in [5.74, 6) is -0.736. The molecule has 0 aliphatic heterocycles. The summed E-state index contributed by atoms with van der Waals surface area (Å²) in [5.41, 5.74) is 1.28. The van der Waals surface area contributed by atoms with Crippen LogP contribution in [0.25, 0.3) is 16.9 Å². The molecule has 1 aliphatic carbocycles. The van der Waals surface area contributed by atoms with Crippen molar-refractivity contribution >= 4 is 11.6 Å². The zero-order valence-corrected chi connectivity index (χ0v) is 16.3. The molecule has 1 saturated carbocycles. The highest BCUT2D eigenvalue weighted by Gasteiger charge is 2.23. The van der Waals surface area contributed by atoms with Crippen LogP contribution in [0.2, 0.25) is 0 Å². The molecule has 0 atom stereocenters. The van der Waals surface area contributed by atoms with E-state index in [9.17, 15) is 19.3 Å². The minimum absolute atomic E-state index is 0.0616. The highest BCUT2D eigenvalue weighted by Crippen LogP contribution is 2.26. The van der Waals surface area contributed by atoms with E-state index < -0.39 is 10.7 Å². The molecule has 2 aromatic carbocycles. The predicted octanol–water partition coefficient (Wildman–Crippen LogP) is 4.65. The van der Waals surface area contributed by atoms with Crippen LogP contribution in [0.3, 0.4) is 0 Å². The van der Waals surface area contributed by atoms with Gasteiger partial charge in [-0.1, -0.05) is 31.4 Å². The Kier molecular flexibility index (Phi) is 5.56. The maximum atomic E-state index is 14.3. The average molecular weight is 408 g/mol. The fourth-order valence-corrected chi connectivity index (χ4v) is 3.76. The smallest absolute Gasteiger partial charge is 0.270 e.